The van der Waals surface area contributed by atoms with Crippen LogP contribution in [0.3, 0.4) is 0 Å². The van der Waals surface area contributed by atoms with Gasteiger partial charge in [0.2, 0.25) is 17.7 Å². The molecule has 1 atom stereocenters. The van der Waals surface area contributed by atoms with Crippen molar-refractivity contribution in [1.29, 1.82) is 0 Å². The van der Waals surface area contributed by atoms with Crippen molar-refractivity contribution in [2.75, 3.05) is 37.6 Å². The molecule has 2 heterocycles. The van der Waals surface area contributed by atoms with E-state index >= 15 is 0 Å². The first kappa shape index (κ1) is 17.3. The van der Waals surface area contributed by atoms with Crippen LogP contribution in [0, 0.1) is 11.8 Å². The standard InChI is InChI=1S/C19H22ClN3O3/c20-15-3-5-16(6-4-15)23-12-14(11-17(23)24)19(26)22-9-7-21(8-10-22)18(25)13-1-2-13/h3-6,13-14H,1-2,7-12H2/t14-/m1/s1. The van der Waals surface area contributed by atoms with E-state index in [1.54, 1.807) is 34.1 Å². The Morgan fingerprint density at radius 2 is 1.42 bits per heavy atom. The van der Waals surface area contributed by atoms with Crippen LogP contribution in [0.1, 0.15) is 19.3 Å². The summed E-state index contributed by atoms with van der Waals surface area (Å²) in [6.07, 6.45) is 2.24. The van der Waals surface area contributed by atoms with Gasteiger partial charge in [-0.05, 0) is 37.1 Å². The molecule has 0 spiro atoms. The normalized spacial score (nSPS) is 23.5. The minimum absolute atomic E-state index is 0.0216. The van der Waals surface area contributed by atoms with Crippen molar-refractivity contribution in [2.45, 2.75) is 19.3 Å². The molecular formula is C19H22ClN3O3. The molecule has 0 radical (unpaired) electrons. The molecular weight excluding hydrogens is 354 g/mol. The molecule has 138 valence electrons. The number of rotatable bonds is 3. The van der Waals surface area contributed by atoms with Gasteiger partial charge in [-0.2, -0.15) is 0 Å². The Morgan fingerprint density at radius 1 is 0.885 bits per heavy atom. The quantitative estimate of drug-likeness (QED) is 0.809. The zero-order valence-corrected chi connectivity index (χ0v) is 15.3. The SMILES string of the molecule is O=C(C1CC1)N1CCN(C(=O)[C@@H]2CC(=O)N(c3ccc(Cl)cc3)C2)CC1. The molecule has 26 heavy (non-hydrogen) atoms. The topological polar surface area (TPSA) is 60.9 Å². The van der Waals surface area contributed by atoms with Crippen molar-refractivity contribution >= 4 is 35.0 Å². The third-order valence-corrected chi connectivity index (χ3v) is 5.69. The zero-order valence-electron chi connectivity index (χ0n) is 14.6. The monoisotopic (exact) mass is 375 g/mol. The van der Waals surface area contributed by atoms with E-state index in [-0.39, 0.29) is 36.0 Å². The highest BCUT2D eigenvalue weighted by atomic mass is 35.5. The molecule has 0 unspecified atom stereocenters. The Kier molecular flexibility index (Phi) is 4.61. The van der Waals surface area contributed by atoms with E-state index in [0.717, 1.165) is 18.5 Å². The molecule has 0 N–H and O–H groups in total. The summed E-state index contributed by atoms with van der Waals surface area (Å²) in [5, 5.41) is 0.617. The van der Waals surface area contributed by atoms with Crippen LogP contribution >= 0.6 is 11.6 Å². The van der Waals surface area contributed by atoms with Crippen LogP contribution < -0.4 is 4.90 Å². The smallest absolute Gasteiger partial charge is 0.228 e. The van der Waals surface area contributed by atoms with Gasteiger partial charge < -0.3 is 14.7 Å². The second-order valence-corrected chi connectivity index (χ2v) is 7.74. The number of amides is 3. The summed E-state index contributed by atoms with van der Waals surface area (Å²) in [7, 11) is 0. The molecule has 4 rings (SSSR count). The molecule has 1 aromatic carbocycles. The number of piperazine rings is 1. The fourth-order valence-electron chi connectivity index (χ4n) is 3.74. The molecule has 6 nitrogen and oxygen atoms in total. The van der Waals surface area contributed by atoms with Crippen LogP contribution in [0.5, 0.6) is 0 Å². The molecule has 3 amide bonds. The summed E-state index contributed by atoms with van der Waals surface area (Å²) >= 11 is 5.90. The lowest BCUT2D eigenvalue weighted by molar-refractivity contribution is -0.142. The first-order valence-corrected chi connectivity index (χ1v) is 9.54. The lowest BCUT2D eigenvalue weighted by atomic mass is 10.1. The van der Waals surface area contributed by atoms with Gasteiger partial charge in [-0.3, -0.25) is 14.4 Å². The van der Waals surface area contributed by atoms with Crippen LogP contribution in [0.2, 0.25) is 5.02 Å². The van der Waals surface area contributed by atoms with Crippen molar-refractivity contribution in [3.63, 3.8) is 0 Å². The molecule has 0 aromatic heterocycles. The molecule has 3 fully saturated rings. The predicted molar refractivity (Wildman–Crippen MR) is 97.8 cm³/mol. The van der Waals surface area contributed by atoms with Gasteiger partial charge in [0, 0.05) is 55.8 Å². The van der Waals surface area contributed by atoms with E-state index in [0.29, 0.717) is 37.7 Å². The molecule has 1 aromatic rings. The average Bonchev–Trinajstić information content (AvgIpc) is 3.44. The maximum Gasteiger partial charge on any atom is 0.228 e. The Bertz CT molecular complexity index is 724. The minimum atomic E-state index is -0.316. The summed E-state index contributed by atoms with van der Waals surface area (Å²) in [5.41, 5.74) is 0.773. The van der Waals surface area contributed by atoms with Crippen LogP contribution in [0.4, 0.5) is 5.69 Å². The van der Waals surface area contributed by atoms with Gasteiger partial charge in [-0.15, -0.1) is 0 Å². The van der Waals surface area contributed by atoms with Crippen molar-refractivity contribution < 1.29 is 14.4 Å². The Morgan fingerprint density at radius 3 is 1.96 bits per heavy atom. The van der Waals surface area contributed by atoms with Crippen LogP contribution in [-0.2, 0) is 14.4 Å². The zero-order chi connectivity index (χ0) is 18.3. The van der Waals surface area contributed by atoms with E-state index < -0.39 is 0 Å². The van der Waals surface area contributed by atoms with Crippen molar-refractivity contribution in [2.24, 2.45) is 11.8 Å². The van der Waals surface area contributed by atoms with E-state index in [2.05, 4.69) is 0 Å². The number of hydrogen-bond donors (Lipinski definition) is 0. The van der Waals surface area contributed by atoms with Crippen molar-refractivity contribution in [1.82, 2.24) is 9.80 Å². The first-order chi connectivity index (χ1) is 12.5. The van der Waals surface area contributed by atoms with Crippen LogP contribution in [0.15, 0.2) is 24.3 Å². The van der Waals surface area contributed by atoms with E-state index in [9.17, 15) is 14.4 Å². The predicted octanol–water partition coefficient (Wildman–Crippen LogP) is 1.77. The van der Waals surface area contributed by atoms with E-state index in [1.165, 1.54) is 0 Å². The highest BCUT2D eigenvalue weighted by Crippen LogP contribution is 2.32. The highest BCUT2D eigenvalue weighted by molar-refractivity contribution is 6.30. The van der Waals surface area contributed by atoms with E-state index in [1.807, 2.05) is 4.90 Å². The Balaban J connectivity index is 1.34. The second-order valence-electron chi connectivity index (χ2n) is 7.31. The van der Waals surface area contributed by atoms with Gasteiger partial charge >= 0.3 is 0 Å². The molecule has 1 aliphatic carbocycles. The minimum Gasteiger partial charge on any atom is -0.339 e. The molecule has 3 aliphatic rings. The Labute approximate surface area is 157 Å². The number of carbonyl (C=O) groups excluding carboxylic acids is 3. The lowest BCUT2D eigenvalue weighted by Crippen LogP contribution is -2.52. The number of benzene rings is 1. The lowest BCUT2D eigenvalue weighted by Gasteiger charge is -2.36. The summed E-state index contributed by atoms with van der Waals surface area (Å²) in [5.74, 6) is 0.130. The van der Waals surface area contributed by atoms with Crippen LogP contribution in [-0.4, -0.2) is 60.2 Å². The highest BCUT2D eigenvalue weighted by Gasteiger charge is 2.39. The Hall–Kier alpha value is -2.08. The summed E-state index contributed by atoms with van der Waals surface area (Å²) in [6.45, 7) is 2.72. The molecule has 2 saturated heterocycles. The number of nitrogens with zero attached hydrogens (tertiary/aromatic N) is 3. The average molecular weight is 376 g/mol. The molecule has 1 saturated carbocycles. The fourth-order valence-corrected chi connectivity index (χ4v) is 3.86. The third-order valence-electron chi connectivity index (χ3n) is 5.44. The van der Waals surface area contributed by atoms with Gasteiger partial charge in [-0.1, -0.05) is 11.6 Å². The van der Waals surface area contributed by atoms with Crippen molar-refractivity contribution in [3.05, 3.63) is 29.3 Å². The van der Waals surface area contributed by atoms with Gasteiger partial charge in [0.1, 0.15) is 0 Å². The summed E-state index contributed by atoms with van der Waals surface area (Å²) in [6, 6.07) is 7.09. The molecule has 0 bridgehead atoms. The fraction of sp³-hybridized carbons (Fsp3) is 0.526. The second kappa shape index (κ2) is 6.91. The number of halogens is 1. The van der Waals surface area contributed by atoms with Crippen molar-refractivity contribution in [3.8, 4) is 0 Å². The maximum absolute atomic E-state index is 12.8. The summed E-state index contributed by atoms with van der Waals surface area (Å²) < 4.78 is 0. The largest absolute Gasteiger partial charge is 0.339 e. The maximum atomic E-state index is 12.8. The van der Waals surface area contributed by atoms with Gasteiger partial charge in [0.15, 0.2) is 0 Å². The van der Waals surface area contributed by atoms with Crippen LogP contribution in [0.25, 0.3) is 0 Å². The third kappa shape index (κ3) is 3.43. The number of carbonyl (C=O) groups is 3. The van der Waals surface area contributed by atoms with Gasteiger partial charge in [0.05, 0.1) is 5.92 Å². The number of anilines is 1. The molecule has 7 heteroatoms. The van der Waals surface area contributed by atoms with Gasteiger partial charge in [0.25, 0.3) is 0 Å². The molecule has 2 aliphatic heterocycles. The first-order valence-electron chi connectivity index (χ1n) is 9.16. The number of hydrogen-bond acceptors (Lipinski definition) is 3. The van der Waals surface area contributed by atoms with Gasteiger partial charge in [-0.25, -0.2) is 0 Å². The summed E-state index contributed by atoms with van der Waals surface area (Å²) in [4.78, 5) is 42.6. The van der Waals surface area contributed by atoms with E-state index in [4.69, 9.17) is 11.6 Å².